The van der Waals surface area contributed by atoms with E-state index in [1.54, 1.807) is 18.5 Å². The van der Waals surface area contributed by atoms with E-state index in [1.807, 2.05) is 22.8 Å². The first-order valence-corrected chi connectivity index (χ1v) is 6.25. The van der Waals surface area contributed by atoms with Crippen molar-refractivity contribution in [2.24, 2.45) is 0 Å². The molecule has 0 saturated heterocycles. The Morgan fingerprint density at radius 1 is 1.16 bits per heavy atom. The molecule has 0 amide bonds. The summed E-state index contributed by atoms with van der Waals surface area (Å²) in [5.74, 6) is 0.463. The fraction of sp³-hybridized carbons (Fsp3) is 0.200. The highest BCUT2D eigenvalue weighted by Crippen LogP contribution is 2.28. The molecule has 3 nitrogen and oxygen atoms in total. The molecule has 2 heterocycles. The molecule has 0 atom stereocenters. The standard InChI is InChI=1S/C15H14FN3/c1-10(2)19-13-7-3-6-12(16)14(13)18-15(19)11-5-4-8-17-9-11/h3-10H,1-2H3. The van der Waals surface area contributed by atoms with Gasteiger partial charge in [0.2, 0.25) is 0 Å². The molecule has 0 saturated carbocycles. The van der Waals surface area contributed by atoms with Crippen LogP contribution in [0.15, 0.2) is 42.7 Å². The second kappa shape index (κ2) is 4.46. The lowest BCUT2D eigenvalue weighted by Crippen LogP contribution is -2.03. The zero-order valence-corrected chi connectivity index (χ0v) is 10.8. The van der Waals surface area contributed by atoms with E-state index in [0.29, 0.717) is 5.52 Å². The molecular formula is C15H14FN3. The summed E-state index contributed by atoms with van der Waals surface area (Å²) >= 11 is 0. The van der Waals surface area contributed by atoms with Gasteiger partial charge >= 0.3 is 0 Å². The molecule has 0 aliphatic carbocycles. The Bertz CT molecular complexity index is 717. The van der Waals surface area contributed by atoms with E-state index in [4.69, 9.17) is 0 Å². The number of para-hydroxylation sites is 1. The molecule has 0 unspecified atom stereocenters. The Kier molecular flexibility index (Phi) is 2.78. The van der Waals surface area contributed by atoms with E-state index in [1.165, 1.54) is 6.07 Å². The lowest BCUT2D eigenvalue weighted by Gasteiger charge is -2.12. The summed E-state index contributed by atoms with van der Waals surface area (Å²) in [6.07, 6.45) is 3.46. The number of imidazole rings is 1. The van der Waals surface area contributed by atoms with E-state index in [0.717, 1.165) is 16.9 Å². The number of nitrogens with zero attached hydrogens (tertiary/aromatic N) is 3. The number of aromatic nitrogens is 3. The van der Waals surface area contributed by atoms with Crippen LogP contribution < -0.4 is 0 Å². The van der Waals surface area contributed by atoms with Crippen LogP contribution >= 0.6 is 0 Å². The van der Waals surface area contributed by atoms with Crippen molar-refractivity contribution in [3.8, 4) is 11.4 Å². The number of benzene rings is 1. The Labute approximate surface area is 110 Å². The van der Waals surface area contributed by atoms with E-state index in [2.05, 4.69) is 23.8 Å². The van der Waals surface area contributed by atoms with Gasteiger partial charge in [-0.3, -0.25) is 4.98 Å². The van der Waals surface area contributed by atoms with Gasteiger partial charge in [0.15, 0.2) is 5.82 Å². The largest absolute Gasteiger partial charge is 0.321 e. The van der Waals surface area contributed by atoms with Gasteiger partial charge in [0.1, 0.15) is 11.3 Å². The second-order valence-corrected chi connectivity index (χ2v) is 4.75. The van der Waals surface area contributed by atoms with Crippen LogP contribution in [-0.4, -0.2) is 14.5 Å². The summed E-state index contributed by atoms with van der Waals surface area (Å²) in [6.45, 7) is 4.12. The summed E-state index contributed by atoms with van der Waals surface area (Å²) in [5, 5.41) is 0. The Hall–Kier alpha value is -2.23. The summed E-state index contributed by atoms with van der Waals surface area (Å²) < 4.78 is 15.9. The molecule has 3 aromatic rings. The predicted octanol–water partition coefficient (Wildman–Crippen LogP) is 3.82. The first kappa shape index (κ1) is 11.8. The van der Waals surface area contributed by atoms with Gasteiger partial charge in [0.05, 0.1) is 5.52 Å². The maximum Gasteiger partial charge on any atom is 0.151 e. The van der Waals surface area contributed by atoms with Crippen molar-refractivity contribution in [1.82, 2.24) is 14.5 Å². The van der Waals surface area contributed by atoms with Crippen LogP contribution in [0.2, 0.25) is 0 Å². The molecule has 0 aliphatic rings. The first-order valence-electron chi connectivity index (χ1n) is 6.25. The molecule has 96 valence electrons. The highest BCUT2D eigenvalue weighted by atomic mass is 19.1. The molecule has 2 aromatic heterocycles. The summed E-state index contributed by atoms with van der Waals surface area (Å²) in [4.78, 5) is 8.56. The van der Waals surface area contributed by atoms with Crippen molar-refractivity contribution in [3.63, 3.8) is 0 Å². The molecule has 0 N–H and O–H groups in total. The van der Waals surface area contributed by atoms with Crippen molar-refractivity contribution in [2.45, 2.75) is 19.9 Å². The number of fused-ring (bicyclic) bond motifs is 1. The van der Waals surface area contributed by atoms with Gasteiger partial charge in [-0.25, -0.2) is 9.37 Å². The van der Waals surface area contributed by atoms with Crippen LogP contribution in [0.1, 0.15) is 19.9 Å². The molecule has 0 bridgehead atoms. The SMILES string of the molecule is CC(C)n1c(-c2cccnc2)nc2c(F)cccc21. The van der Waals surface area contributed by atoms with E-state index < -0.39 is 0 Å². The van der Waals surface area contributed by atoms with Crippen LogP contribution in [0, 0.1) is 5.82 Å². The molecule has 4 heteroatoms. The zero-order chi connectivity index (χ0) is 13.4. The number of hydrogen-bond donors (Lipinski definition) is 0. The molecule has 19 heavy (non-hydrogen) atoms. The fourth-order valence-corrected chi connectivity index (χ4v) is 2.30. The monoisotopic (exact) mass is 255 g/mol. The third-order valence-corrected chi connectivity index (χ3v) is 3.11. The minimum Gasteiger partial charge on any atom is -0.321 e. The van der Waals surface area contributed by atoms with Gasteiger partial charge in [-0.2, -0.15) is 0 Å². The molecule has 0 spiro atoms. The van der Waals surface area contributed by atoms with Crippen LogP contribution in [0.25, 0.3) is 22.4 Å². The molecule has 3 rings (SSSR count). The molecule has 0 fully saturated rings. The third kappa shape index (κ3) is 1.89. The summed E-state index contributed by atoms with van der Waals surface area (Å²) in [7, 11) is 0. The smallest absolute Gasteiger partial charge is 0.151 e. The minimum absolute atomic E-state index is 0.196. The van der Waals surface area contributed by atoms with Gasteiger partial charge < -0.3 is 4.57 Å². The average Bonchev–Trinajstić information content (AvgIpc) is 2.81. The van der Waals surface area contributed by atoms with Gasteiger partial charge in [0, 0.05) is 24.0 Å². The van der Waals surface area contributed by atoms with Crippen molar-refractivity contribution in [2.75, 3.05) is 0 Å². The lowest BCUT2D eigenvalue weighted by molar-refractivity contribution is 0.623. The number of halogens is 1. The summed E-state index contributed by atoms with van der Waals surface area (Å²) in [5.41, 5.74) is 2.12. The van der Waals surface area contributed by atoms with Crippen LogP contribution in [0.3, 0.4) is 0 Å². The molecule has 1 aromatic carbocycles. The van der Waals surface area contributed by atoms with Crippen LogP contribution in [0.4, 0.5) is 4.39 Å². The van der Waals surface area contributed by atoms with Crippen molar-refractivity contribution < 1.29 is 4.39 Å². The molecule has 0 radical (unpaired) electrons. The predicted molar refractivity (Wildman–Crippen MR) is 73.3 cm³/mol. The Morgan fingerprint density at radius 2 is 2.00 bits per heavy atom. The Morgan fingerprint density at radius 3 is 2.68 bits per heavy atom. The maximum atomic E-state index is 13.9. The lowest BCUT2D eigenvalue weighted by atomic mass is 10.2. The van der Waals surface area contributed by atoms with Crippen LogP contribution in [-0.2, 0) is 0 Å². The van der Waals surface area contributed by atoms with E-state index >= 15 is 0 Å². The maximum absolute atomic E-state index is 13.9. The zero-order valence-electron chi connectivity index (χ0n) is 10.8. The van der Waals surface area contributed by atoms with Gasteiger partial charge in [-0.05, 0) is 38.1 Å². The van der Waals surface area contributed by atoms with Crippen molar-refractivity contribution in [1.29, 1.82) is 0 Å². The second-order valence-electron chi connectivity index (χ2n) is 4.75. The topological polar surface area (TPSA) is 30.7 Å². The molecular weight excluding hydrogens is 241 g/mol. The van der Waals surface area contributed by atoms with E-state index in [-0.39, 0.29) is 11.9 Å². The molecule has 0 aliphatic heterocycles. The Balaban J connectivity index is 2.36. The van der Waals surface area contributed by atoms with Crippen molar-refractivity contribution in [3.05, 3.63) is 48.5 Å². The van der Waals surface area contributed by atoms with Gasteiger partial charge in [-0.15, -0.1) is 0 Å². The van der Waals surface area contributed by atoms with Gasteiger partial charge in [-0.1, -0.05) is 6.07 Å². The third-order valence-electron chi connectivity index (χ3n) is 3.11. The fourth-order valence-electron chi connectivity index (χ4n) is 2.30. The van der Waals surface area contributed by atoms with Gasteiger partial charge in [0.25, 0.3) is 0 Å². The number of pyridine rings is 1. The number of rotatable bonds is 2. The number of hydrogen-bond acceptors (Lipinski definition) is 2. The van der Waals surface area contributed by atoms with Crippen LogP contribution in [0.5, 0.6) is 0 Å². The quantitative estimate of drug-likeness (QED) is 0.697. The normalized spacial score (nSPS) is 11.4. The van der Waals surface area contributed by atoms with E-state index in [9.17, 15) is 4.39 Å². The average molecular weight is 255 g/mol. The van der Waals surface area contributed by atoms with Crippen molar-refractivity contribution >= 4 is 11.0 Å². The highest BCUT2D eigenvalue weighted by molar-refractivity contribution is 5.81. The first-order chi connectivity index (χ1) is 9.18. The summed E-state index contributed by atoms with van der Waals surface area (Å²) in [6, 6.07) is 9.03. The highest BCUT2D eigenvalue weighted by Gasteiger charge is 2.16. The minimum atomic E-state index is -0.290.